The van der Waals surface area contributed by atoms with Crippen LogP contribution in [0, 0.1) is 11.6 Å². The number of nitrogens with zero attached hydrogens (tertiary/aromatic N) is 1. The van der Waals surface area contributed by atoms with Crippen molar-refractivity contribution >= 4 is 24.1 Å². The van der Waals surface area contributed by atoms with Gasteiger partial charge in [0.1, 0.15) is 23.8 Å². The van der Waals surface area contributed by atoms with Crippen LogP contribution in [-0.4, -0.2) is 85.0 Å². The number of hydrogen-bond donors (Lipinski definition) is 4. The molecule has 158 valence electrons. The van der Waals surface area contributed by atoms with E-state index in [2.05, 4.69) is 10.6 Å². The number of halogens is 3. The van der Waals surface area contributed by atoms with Gasteiger partial charge in [-0.1, -0.05) is 0 Å². The molecule has 2 heterocycles. The van der Waals surface area contributed by atoms with Gasteiger partial charge in [-0.15, -0.1) is 12.4 Å². The molecule has 3 rings (SSSR count). The number of aliphatic hydroxyl groups excluding tert-OH is 2. The molecule has 1 aromatic rings. The number of morpholine rings is 1. The first-order valence-corrected chi connectivity index (χ1v) is 8.75. The molecule has 2 amide bonds. The van der Waals surface area contributed by atoms with Gasteiger partial charge in [0.2, 0.25) is 0 Å². The van der Waals surface area contributed by atoms with Crippen molar-refractivity contribution < 1.29 is 33.3 Å². The maximum atomic E-state index is 13.6. The Balaban J connectivity index is 0.00000280. The van der Waals surface area contributed by atoms with Crippen molar-refractivity contribution in [1.29, 1.82) is 0 Å². The largest absolute Gasteiger partial charge is 0.394 e. The lowest BCUT2D eigenvalue weighted by molar-refractivity contribution is -0.0214. The van der Waals surface area contributed by atoms with Gasteiger partial charge in [-0.2, -0.15) is 0 Å². The summed E-state index contributed by atoms with van der Waals surface area (Å²) >= 11 is 0. The van der Waals surface area contributed by atoms with Gasteiger partial charge in [-0.05, 0) is 12.1 Å². The van der Waals surface area contributed by atoms with E-state index in [0.717, 1.165) is 12.1 Å². The lowest BCUT2D eigenvalue weighted by Crippen LogP contribution is -2.54. The molecule has 11 heteroatoms. The van der Waals surface area contributed by atoms with Crippen LogP contribution in [0.3, 0.4) is 0 Å². The SMILES string of the molecule is Cl.O=C(NC[C@H]1O[C@@H](CO)[C@@H](O)[C@H]1N1CCOCC1)Nc1ccc(F)cc1F. The smallest absolute Gasteiger partial charge is 0.319 e. The van der Waals surface area contributed by atoms with Crippen molar-refractivity contribution in [2.45, 2.75) is 24.4 Å². The maximum absolute atomic E-state index is 13.6. The van der Waals surface area contributed by atoms with Gasteiger partial charge in [0.05, 0.1) is 37.7 Å². The first-order valence-electron chi connectivity index (χ1n) is 8.75. The second kappa shape index (κ2) is 10.3. The standard InChI is InChI=1S/C17H23F2N3O5.ClH/c18-10-1-2-12(11(19)7-10)21-17(25)20-8-13-15(16(24)14(9-23)27-13)22-3-5-26-6-4-22;/h1-2,7,13-16,23-24H,3-6,8-9H2,(H2,20,21,25);1H/t13-,14+,15+,16-;/m1./s1. The number of carbonyl (C=O) groups is 1. The molecule has 0 radical (unpaired) electrons. The van der Waals surface area contributed by atoms with Crippen molar-refractivity contribution in [3.8, 4) is 0 Å². The Morgan fingerprint density at radius 2 is 1.96 bits per heavy atom. The average molecular weight is 424 g/mol. The summed E-state index contributed by atoms with van der Waals surface area (Å²) in [7, 11) is 0. The van der Waals surface area contributed by atoms with Crippen LogP contribution < -0.4 is 10.6 Å². The normalized spacial score (nSPS) is 27.9. The number of rotatable bonds is 5. The van der Waals surface area contributed by atoms with Crippen LogP contribution in [0.1, 0.15) is 0 Å². The topological polar surface area (TPSA) is 103 Å². The van der Waals surface area contributed by atoms with Crippen molar-refractivity contribution in [3.63, 3.8) is 0 Å². The molecule has 28 heavy (non-hydrogen) atoms. The monoisotopic (exact) mass is 423 g/mol. The summed E-state index contributed by atoms with van der Waals surface area (Å²) in [5, 5.41) is 24.7. The molecule has 4 atom stereocenters. The van der Waals surface area contributed by atoms with Crippen LogP contribution in [0.4, 0.5) is 19.3 Å². The molecule has 4 N–H and O–H groups in total. The Labute approximate surface area is 167 Å². The van der Waals surface area contributed by atoms with Gasteiger partial charge in [0, 0.05) is 25.7 Å². The highest BCUT2D eigenvalue weighted by atomic mass is 35.5. The Bertz CT molecular complexity index is 666. The fourth-order valence-corrected chi connectivity index (χ4v) is 3.42. The first kappa shape index (κ1) is 22.7. The highest BCUT2D eigenvalue weighted by Crippen LogP contribution is 2.26. The van der Waals surface area contributed by atoms with Crippen molar-refractivity contribution in [2.75, 3.05) is 44.8 Å². The molecule has 0 unspecified atom stereocenters. The van der Waals surface area contributed by atoms with E-state index in [1.165, 1.54) is 0 Å². The van der Waals surface area contributed by atoms with E-state index in [1.54, 1.807) is 0 Å². The van der Waals surface area contributed by atoms with Gasteiger partial charge >= 0.3 is 6.03 Å². The highest BCUT2D eigenvalue weighted by Gasteiger charge is 2.46. The van der Waals surface area contributed by atoms with Crippen LogP contribution in [0.25, 0.3) is 0 Å². The van der Waals surface area contributed by atoms with Crippen molar-refractivity contribution in [2.24, 2.45) is 0 Å². The molecule has 0 aliphatic carbocycles. The molecule has 0 spiro atoms. The number of ether oxygens (including phenoxy) is 2. The number of hydrogen-bond acceptors (Lipinski definition) is 6. The van der Waals surface area contributed by atoms with Crippen LogP contribution in [-0.2, 0) is 9.47 Å². The van der Waals surface area contributed by atoms with Crippen LogP contribution in [0.2, 0.25) is 0 Å². The van der Waals surface area contributed by atoms with Crippen LogP contribution in [0.15, 0.2) is 18.2 Å². The van der Waals surface area contributed by atoms with E-state index in [4.69, 9.17) is 9.47 Å². The van der Waals surface area contributed by atoms with E-state index in [0.29, 0.717) is 32.4 Å². The third-order valence-electron chi connectivity index (χ3n) is 4.75. The predicted octanol–water partition coefficient (Wildman–Crippen LogP) is 0.329. The zero-order chi connectivity index (χ0) is 19.4. The summed E-state index contributed by atoms with van der Waals surface area (Å²) in [5.41, 5.74) is -0.153. The second-order valence-corrected chi connectivity index (χ2v) is 6.48. The van der Waals surface area contributed by atoms with E-state index >= 15 is 0 Å². The molecule has 2 aliphatic rings. The van der Waals surface area contributed by atoms with Gasteiger partial charge < -0.3 is 30.3 Å². The van der Waals surface area contributed by atoms with Gasteiger partial charge in [0.25, 0.3) is 0 Å². The lowest BCUT2D eigenvalue weighted by Gasteiger charge is -2.36. The Morgan fingerprint density at radius 3 is 2.61 bits per heavy atom. The van der Waals surface area contributed by atoms with E-state index < -0.39 is 42.0 Å². The number of amides is 2. The highest BCUT2D eigenvalue weighted by molar-refractivity contribution is 5.89. The Hall–Kier alpha value is -1.56. The van der Waals surface area contributed by atoms with Gasteiger partial charge in [-0.3, -0.25) is 4.90 Å². The molecule has 2 saturated heterocycles. The van der Waals surface area contributed by atoms with Crippen LogP contribution >= 0.6 is 12.4 Å². The van der Waals surface area contributed by atoms with Gasteiger partial charge in [0.15, 0.2) is 0 Å². The number of anilines is 1. The Morgan fingerprint density at radius 1 is 1.25 bits per heavy atom. The molecule has 0 saturated carbocycles. The number of aliphatic hydroxyl groups is 2. The fourth-order valence-electron chi connectivity index (χ4n) is 3.42. The molecule has 0 aromatic heterocycles. The molecular formula is C17H24ClF2N3O5. The summed E-state index contributed by atoms with van der Waals surface area (Å²) in [6.07, 6.45) is -2.21. The van der Waals surface area contributed by atoms with E-state index in [1.807, 2.05) is 4.90 Å². The fraction of sp³-hybridized carbons (Fsp3) is 0.588. The summed E-state index contributed by atoms with van der Waals surface area (Å²) in [4.78, 5) is 14.0. The summed E-state index contributed by atoms with van der Waals surface area (Å²) in [6, 6.07) is 1.74. The molecule has 1 aromatic carbocycles. The quantitative estimate of drug-likeness (QED) is 0.544. The molecule has 0 bridgehead atoms. The average Bonchev–Trinajstić information content (AvgIpc) is 2.98. The third-order valence-corrected chi connectivity index (χ3v) is 4.75. The molecular weight excluding hydrogens is 400 g/mol. The minimum Gasteiger partial charge on any atom is -0.394 e. The maximum Gasteiger partial charge on any atom is 0.319 e. The summed E-state index contributed by atoms with van der Waals surface area (Å²) in [6.45, 7) is 1.96. The minimum atomic E-state index is -0.905. The van der Waals surface area contributed by atoms with Gasteiger partial charge in [-0.25, -0.2) is 13.6 Å². The number of urea groups is 1. The lowest BCUT2D eigenvalue weighted by atomic mass is 10.0. The Kier molecular flexibility index (Phi) is 8.35. The second-order valence-electron chi connectivity index (χ2n) is 6.48. The molecule has 2 aliphatic heterocycles. The van der Waals surface area contributed by atoms with E-state index in [-0.39, 0.29) is 31.2 Å². The van der Waals surface area contributed by atoms with Crippen molar-refractivity contribution in [3.05, 3.63) is 29.8 Å². The van der Waals surface area contributed by atoms with E-state index in [9.17, 15) is 23.8 Å². The number of nitrogens with one attached hydrogen (secondary N) is 2. The van der Waals surface area contributed by atoms with Crippen LogP contribution in [0.5, 0.6) is 0 Å². The zero-order valence-corrected chi connectivity index (χ0v) is 15.8. The predicted molar refractivity (Wildman–Crippen MR) is 98.6 cm³/mol. The number of carbonyl (C=O) groups excluding carboxylic acids is 1. The van der Waals surface area contributed by atoms with Crippen molar-refractivity contribution in [1.82, 2.24) is 10.2 Å². The minimum absolute atomic E-state index is 0. The molecule has 8 nitrogen and oxygen atoms in total. The number of benzene rings is 1. The molecule has 2 fully saturated rings. The summed E-state index contributed by atoms with van der Waals surface area (Å²) in [5.74, 6) is -1.63. The zero-order valence-electron chi connectivity index (χ0n) is 15.0. The first-order chi connectivity index (χ1) is 13.0. The summed E-state index contributed by atoms with van der Waals surface area (Å²) < 4.78 is 37.5. The third kappa shape index (κ3) is 5.28.